The molecule has 1 N–H and O–H groups in total. The van der Waals surface area contributed by atoms with Gasteiger partial charge in [-0.3, -0.25) is 9.69 Å². The highest BCUT2D eigenvalue weighted by Crippen LogP contribution is 2.20. The maximum absolute atomic E-state index is 12.6. The summed E-state index contributed by atoms with van der Waals surface area (Å²) in [6.07, 6.45) is 0. The Morgan fingerprint density at radius 3 is 2.55 bits per heavy atom. The van der Waals surface area contributed by atoms with Crippen LogP contribution < -0.4 is 5.32 Å². The fourth-order valence-electron chi connectivity index (χ4n) is 3.20. The molecule has 0 spiro atoms. The predicted molar refractivity (Wildman–Crippen MR) is 114 cm³/mol. The smallest absolute Gasteiger partial charge is 0.255 e. The van der Waals surface area contributed by atoms with E-state index in [0.717, 1.165) is 16.8 Å². The number of benzene rings is 2. The van der Waals surface area contributed by atoms with Crippen LogP contribution in [0.5, 0.6) is 0 Å². The van der Waals surface area contributed by atoms with Crippen LogP contribution in [-0.2, 0) is 16.4 Å². The van der Waals surface area contributed by atoms with Crippen LogP contribution in [0.3, 0.4) is 0 Å². The van der Waals surface area contributed by atoms with Crippen molar-refractivity contribution in [2.75, 3.05) is 29.9 Å². The van der Waals surface area contributed by atoms with Crippen LogP contribution >= 0.6 is 11.5 Å². The number of hydrogen-bond donors (Lipinski definition) is 1. The van der Waals surface area contributed by atoms with E-state index in [4.69, 9.17) is 0 Å². The Hall–Kier alpha value is -2.62. The lowest BCUT2D eigenvalue weighted by Crippen LogP contribution is -2.39. The first kappa shape index (κ1) is 19.7. The predicted octanol–water partition coefficient (Wildman–Crippen LogP) is 2.69. The zero-order chi connectivity index (χ0) is 20.3. The first-order valence-electron chi connectivity index (χ1n) is 9.19. The fourth-order valence-corrected chi connectivity index (χ4v) is 4.94. The van der Waals surface area contributed by atoms with Gasteiger partial charge in [0.2, 0.25) is 0 Å². The van der Waals surface area contributed by atoms with Gasteiger partial charge in [-0.2, -0.15) is 0 Å². The van der Waals surface area contributed by atoms with Gasteiger partial charge < -0.3 is 5.32 Å². The Kier molecular flexibility index (Phi) is 5.70. The molecule has 3 aromatic rings. The number of anilines is 1. The summed E-state index contributed by atoms with van der Waals surface area (Å²) >= 11 is 1.30. The van der Waals surface area contributed by atoms with E-state index in [0.29, 0.717) is 30.9 Å². The van der Waals surface area contributed by atoms with E-state index in [-0.39, 0.29) is 17.4 Å². The van der Waals surface area contributed by atoms with Gasteiger partial charge in [-0.25, -0.2) is 8.42 Å². The second-order valence-electron chi connectivity index (χ2n) is 6.95. The second kappa shape index (κ2) is 8.40. The van der Waals surface area contributed by atoms with Crippen molar-refractivity contribution in [3.8, 4) is 11.3 Å². The highest BCUT2D eigenvalue weighted by atomic mass is 32.2. The fraction of sp³-hybridized carbons (Fsp3) is 0.250. The summed E-state index contributed by atoms with van der Waals surface area (Å²) in [6, 6.07) is 14.9. The van der Waals surface area contributed by atoms with E-state index in [1.54, 1.807) is 6.07 Å². The molecule has 1 saturated heterocycles. The first-order chi connectivity index (χ1) is 14.0. The monoisotopic (exact) mass is 428 g/mol. The van der Waals surface area contributed by atoms with Crippen LogP contribution in [0.25, 0.3) is 11.3 Å². The molecular weight excluding hydrogens is 408 g/mol. The van der Waals surface area contributed by atoms with Gasteiger partial charge in [-0.15, -0.1) is 5.10 Å². The summed E-state index contributed by atoms with van der Waals surface area (Å²) in [5, 5.41) is 8.81. The van der Waals surface area contributed by atoms with Crippen molar-refractivity contribution in [3.05, 3.63) is 65.0 Å². The summed E-state index contributed by atoms with van der Waals surface area (Å²) in [4.78, 5) is 14.7. The van der Waals surface area contributed by atoms with Gasteiger partial charge in [-0.1, -0.05) is 28.8 Å². The highest BCUT2D eigenvalue weighted by Gasteiger charge is 2.21. The van der Waals surface area contributed by atoms with Crippen LogP contribution in [0.2, 0.25) is 0 Å². The number of carbonyl (C=O) groups excluding carboxylic acids is 1. The van der Waals surface area contributed by atoms with E-state index in [1.165, 1.54) is 11.5 Å². The molecule has 2 aromatic carbocycles. The highest BCUT2D eigenvalue weighted by molar-refractivity contribution is 7.91. The molecule has 0 saturated carbocycles. The molecule has 1 amide bonds. The van der Waals surface area contributed by atoms with Crippen molar-refractivity contribution in [1.82, 2.24) is 14.5 Å². The molecule has 1 aliphatic heterocycles. The number of carbonyl (C=O) groups is 1. The van der Waals surface area contributed by atoms with Crippen molar-refractivity contribution in [2.45, 2.75) is 6.54 Å². The molecule has 9 heteroatoms. The summed E-state index contributed by atoms with van der Waals surface area (Å²) < 4.78 is 27.0. The van der Waals surface area contributed by atoms with Gasteiger partial charge >= 0.3 is 0 Å². The zero-order valence-corrected chi connectivity index (χ0v) is 17.2. The lowest BCUT2D eigenvalue weighted by atomic mass is 10.1. The maximum Gasteiger partial charge on any atom is 0.255 e. The lowest BCUT2D eigenvalue weighted by Gasteiger charge is -2.26. The molecule has 1 fully saturated rings. The number of amides is 1. The summed E-state index contributed by atoms with van der Waals surface area (Å²) in [6.45, 7) is 1.69. The number of sulfone groups is 1. The largest absolute Gasteiger partial charge is 0.322 e. The third-order valence-corrected chi connectivity index (χ3v) is 6.94. The number of rotatable bonds is 5. The molecule has 1 aromatic heterocycles. The first-order valence-corrected chi connectivity index (χ1v) is 11.8. The summed E-state index contributed by atoms with van der Waals surface area (Å²) in [5.41, 5.74) is 4.02. The van der Waals surface area contributed by atoms with Gasteiger partial charge in [0.05, 0.1) is 11.5 Å². The third-order valence-electron chi connectivity index (χ3n) is 4.83. The standard InChI is InChI=1S/C20H20N4O3S2/c25-20(21-18-6-4-16(5-7-18)19-14-28-23-22-19)17-3-1-2-15(12-17)13-24-8-10-29(26,27)11-9-24/h1-7,12,14H,8-11,13H2,(H,21,25). The Morgan fingerprint density at radius 2 is 1.86 bits per heavy atom. The Morgan fingerprint density at radius 1 is 1.10 bits per heavy atom. The van der Waals surface area contributed by atoms with Gasteiger partial charge in [0.1, 0.15) is 5.69 Å². The molecule has 1 aliphatic rings. The number of nitrogens with zero attached hydrogens (tertiary/aromatic N) is 3. The van der Waals surface area contributed by atoms with Crippen LogP contribution in [0.4, 0.5) is 5.69 Å². The maximum atomic E-state index is 12.6. The lowest BCUT2D eigenvalue weighted by molar-refractivity contribution is 0.102. The normalized spacial score (nSPS) is 16.4. The molecule has 0 aliphatic carbocycles. The summed E-state index contributed by atoms with van der Waals surface area (Å²) in [7, 11) is -2.89. The van der Waals surface area contributed by atoms with Crippen molar-refractivity contribution in [1.29, 1.82) is 0 Å². The van der Waals surface area contributed by atoms with Crippen LogP contribution in [0.15, 0.2) is 53.9 Å². The Bertz CT molecular complexity index is 1080. The van der Waals surface area contributed by atoms with Crippen LogP contribution in [0.1, 0.15) is 15.9 Å². The molecule has 7 nitrogen and oxygen atoms in total. The quantitative estimate of drug-likeness (QED) is 0.672. The van der Waals surface area contributed by atoms with Crippen LogP contribution in [0, 0.1) is 0 Å². The van der Waals surface area contributed by atoms with Gasteiger partial charge in [0, 0.05) is 41.8 Å². The average Bonchev–Trinajstić information content (AvgIpc) is 3.25. The minimum Gasteiger partial charge on any atom is -0.322 e. The Labute approximate surface area is 173 Å². The minimum absolute atomic E-state index is 0.184. The molecule has 0 unspecified atom stereocenters. The second-order valence-corrected chi connectivity index (χ2v) is 9.86. The molecule has 150 valence electrons. The van der Waals surface area contributed by atoms with E-state index >= 15 is 0 Å². The Balaban J connectivity index is 1.39. The van der Waals surface area contributed by atoms with Crippen molar-refractivity contribution >= 4 is 33.0 Å². The minimum atomic E-state index is -2.89. The van der Waals surface area contributed by atoms with Gasteiger partial charge in [0.25, 0.3) is 5.91 Å². The van der Waals surface area contributed by atoms with Crippen molar-refractivity contribution in [3.63, 3.8) is 0 Å². The van der Waals surface area contributed by atoms with E-state index in [1.807, 2.05) is 47.8 Å². The molecule has 0 bridgehead atoms. The van der Waals surface area contributed by atoms with Gasteiger partial charge in [-0.05, 0) is 41.4 Å². The number of aromatic nitrogens is 2. The number of nitrogens with one attached hydrogen (secondary N) is 1. The molecule has 0 radical (unpaired) electrons. The molecule has 2 heterocycles. The molecule has 29 heavy (non-hydrogen) atoms. The molecular formula is C20H20N4O3S2. The third kappa shape index (κ3) is 5.06. The van der Waals surface area contributed by atoms with E-state index in [2.05, 4.69) is 19.8 Å². The number of hydrogen-bond acceptors (Lipinski definition) is 7. The van der Waals surface area contributed by atoms with E-state index in [9.17, 15) is 13.2 Å². The van der Waals surface area contributed by atoms with Crippen molar-refractivity contribution < 1.29 is 13.2 Å². The van der Waals surface area contributed by atoms with Crippen molar-refractivity contribution in [2.24, 2.45) is 0 Å². The molecule has 4 rings (SSSR count). The summed E-state index contributed by atoms with van der Waals surface area (Å²) in [5.74, 6) is 0.205. The topological polar surface area (TPSA) is 92.3 Å². The SMILES string of the molecule is O=C(Nc1ccc(-c2csnn2)cc1)c1cccc(CN2CCS(=O)(=O)CC2)c1. The van der Waals surface area contributed by atoms with Gasteiger partial charge in [0.15, 0.2) is 9.84 Å². The van der Waals surface area contributed by atoms with Crippen LogP contribution in [-0.4, -0.2) is 53.4 Å². The zero-order valence-electron chi connectivity index (χ0n) is 15.6. The average molecular weight is 429 g/mol. The van der Waals surface area contributed by atoms with E-state index < -0.39 is 9.84 Å². The molecule has 0 atom stereocenters.